The second kappa shape index (κ2) is 24.4. The molecule has 22 rings (SSSR count). The molecular formula is C100H62N6. The molecule has 106 heavy (non-hydrogen) atoms. The van der Waals surface area contributed by atoms with Crippen molar-refractivity contribution < 1.29 is 0 Å². The van der Waals surface area contributed by atoms with Crippen LogP contribution in [-0.4, -0.2) is 29.9 Å². The molecule has 6 nitrogen and oxygen atoms in total. The van der Waals surface area contributed by atoms with Crippen molar-refractivity contribution in [3.63, 3.8) is 0 Å². The van der Waals surface area contributed by atoms with Crippen LogP contribution in [0.2, 0.25) is 0 Å². The van der Waals surface area contributed by atoms with Crippen LogP contribution in [-0.2, 0) is 10.8 Å². The van der Waals surface area contributed by atoms with E-state index in [1.807, 2.05) is 72.8 Å². The van der Waals surface area contributed by atoms with Crippen LogP contribution in [0.4, 0.5) is 0 Å². The summed E-state index contributed by atoms with van der Waals surface area (Å²) < 4.78 is 0. The van der Waals surface area contributed by atoms with Gasteiger partial charge in [-0.25, -0.2) is 29.9 Å². The molecule has 18 aromatic rings. The second-order valence-electron chi connectivity index (χ2n) is 27.7. The summed E-state index contributed by atoms with van der Waals surface area (Å²) >= 11 is 0. The Labute approximate surface area is 614 Å². The molecule has 4 aliphatic rings. The summed E-state index contributed by atoms with van der Waals surface area (Å²) in [4.78, 5) is 31.1. The van der Waals surface area contributed by atoms with E-state index in [4.69, 9.17) is 29.9 Å². The molecule has 0 saturated heterocycles. The first-order chi connectivity index (χ1) is 52.6. The van der Waals surface area contributed by atoms with Gasteiger partial charge in [0.1, 0.15) is 0 Å². The van der Waals surface area contributed by atoms with Gasteiger partial charge in [0.05, 0.1) is 10.8 Å². The first-order valence-corrected chi connectivity index (χ1v) is 36.3. The van der Waals surface area contributed by atoms with Gasteiger partial charge in [-0.1, -0.05) is 370 Å². The van der Waals surface area contributed by atoms with Gasteiger partial charge >= 0.3 is 0 Å². The van der Waals surface area contributed by atoms with Gasteiger partial charge in [-0.3, -0.25) is 0 Å². The minimum Gasteiger partial charge on any atom is -0.208 e. The molecule has 0 aliphatic heterocycles. The van der Waals surface area contributed by atoms with E-state index in [-0.39, 0.29) is 0 Å². The zero-order chi connectivity index (χ0) is 69.9. The maximum absolute atomic E-state index is 5.28. The molecule has 0 bridgehead atoms. The summed E-state index contributed by atoms with van der Waals surface area (Å²) in [5, 5.41) is 4.57. The van der Waals surface area contributed by atoms with Crippen molar-refractivity contribution in [3.05, 3.63) is 421 Å². The fourth-order valence-corrected chi connectivity index (χ4v) is 18.1. The monoisotopic (exact) mass is 1350 g/mol. The van der Waals surface area contributed by atoms with Crippen molar-refractivity contribution in [2.75, 3.05) is 0 Å². The van der Waals surface area contributed by atoms with Crippen molar-refractivity contribution in [1.82, 2.24) is 29.9 Å². The van der Waals surface area contributed by atoms with Gasteiger partial charge in [-0.2, -0.15) is 0 Å². The molecule has 0 radical (unpaired) electrons. The van der Waals surface area contributed by atoms with E-state index in [1.165, 1.54) is 100.0 Å². The molecule has 6 heteroatoms. The second-order valence-corrected chi connectivity index (χ2v) is 27.7. The van der Waals surface area contributed by atoms with Crippen molar-refractivity contribution in [1.29, 1.82) is 0 Å². The minimum absolute atomic E-state index is 0.430. The highest BCUT2D eigenvalue weighted by atomic mass is 15.0. The van der Waals surface area contributed by atoms with Crippen molar-refractivity contribution in [2.24, 2.45) is 0 Å². The third-order valence-corrected chi connectivity index (χ3v) is 22.3. The van der Waals surface area contributed by atoms with Gasteiger partial charge in [-0.05, 0) is 133 Å². The molecule has 4 aliphatic carbocycles. The van der Waals surface area contributed by atoms with Crippen LogP contribution in [0.25, 0.3) is 157 Å². The van der Waals surface area contributed by atoms with Gasteiger partial charge in [0.2, 0.25) is 0 Å². The lowest BCUT2D eigenvalue weighted by Crippen LogP contribution is -2.25. The number of hydrogen-bond acceptors (Lipinski definition) is 6. The lowest BCUT2D eigenvalue weighted by molar-refractivity contribution is 0.794. The summed E-state index contributed by atoms with van der Waals surface area (Å²) in [5.74, 6) is 3.89. The molecule has 2 heterocycles. The highest BCUT2D eigenvalue weighted by Crippen LogP contribution is 2.66. The predicted octanol–water partition coefficient (Wildman–Crippen LogP) is 24.1. The third-order valence-electron chi connectivity index (χ3n) is 22.3. The Balaban J connectivity index is 0.000000136. The average molecular weight is 1350 g/mol. The molecule has 0 N–H and O–H groups in total. The number of rotatable bonds is 8. The van der Waals surface area contributed by atoms with Crippen LogP contribution < -0.4 is 0 Å². The fraction of sp³-hybridized carbons (Fsp3) is 0.0200. The normalized spacial score (nSPS) is 13.1. The minimum atomic E-state index is -0.437. The van der Waals surface area contributed by atoms with E-state index in [0.29, 0.717) is 34.9 Å². The summed E-state index contributed by atoms with van der Waals surface area (Å²) in [6, 6.07) is 135. The topological polar surface area (TPSA) is 77.3 Å². The van der Waals surface area contributed by atoms with Crippen molar-refractivity contribution in [3.8, 4) is 135 Å². The van der Waals surface area contributed by atoms with E-state index in [1.54, 1.807) is 0 Å². The van der Waals surface area contributed by atoms with Crippen LogP contribution >= 0.6 is 0 Å². The number of nitrogens with zero attached hydrogens (tertiary/aromatic N) is 6. The van der Waals surface area contributed by atoms with Gasteiger partial charge < -0.3 is 0 Å². The van der Waals surface area contributed by atoms with Crippen LogP contribution in [0.15, 0.2) is 376 Å². The van der Waals surface area contributed by atoms with Crippen LogP contribution in [0.1, 0.15) is 44.5 Å². The summed E-state index contributed by atoms with van der Waals surface area (Å²) in [7, 11) is 0. The highest BCUT2D eigenvalue weighted by molar-refractivity contribution is 6.11. The average Bonchev–Trinajstić information content (AvgIpc) is 1.51. The highest BCUT2D eigenvalue weighted by Gasteiger charge is 2.54. The first kappa shape index (κ1) is 60.8. The molecule has 0 unspecified atom stereocenters. The Hall–Kier alpha value is -13.9. The Morgan fingerprint density at radius 2 is 0.406 bits per heavy atom. The number of aromatic nitrogens is 6. The maximum atomic E-state index is 5.28. The fourth-order valence-electron chi connectivity index (χ4n) is 18.1. The zero-order valence-electron chi connectivity index (χ0n) is 57.5. The van der Waals surface area contributed by atoms with Crippen LogP contribution in [0.5, 0.6) is 0 Å². The number of hydrogen-bond donors (Lipinski definition) is 0. The lowest BCUT2D eigenvalue weighted by atomic mass is 9.70. The molecule has 0 saturated carbocycles. The van der Waals surface area contributed by atoms with Gasteiger partial charge in [0, 0.05) is 38.9 Å². The Morgan fingerprint density at radius 3 is 0.811 bits per heavy atom. The van der Waals surface area contributed by atoms with Crippen LogP contribution in [0.3, 0.4) is 0 Å². The lowest BCUT2D eigenvalue weighted by Gasteiger charge is -2.30. The Kier molecular flexibility index (Phi) is 14.0. The van der Waals surface area contributed by atoms with Gasteiger partial charge in [0.15, 0.2) is 34.9 Å². The molecule has 492 valence electrons. The quantitative estimate of drug-likeness (QED) is 0.151. The summed E-state index contributed by atoms with van der Waals surface area (Å²) in [6.45, 7) is 0. The zero-order valence-corrected chi connectivity index (χ0v) is 57.5. The molecule has 16 aromatic carbocycles. The summed E-state index contributed by atoms with van der Waals surface area (Å²) in [5.41, 5.74) is 30.3. The van der Waals surface area contributed by atoms with Crippen molar-refractivity contribution in [2.45, 2.75) is 10.8 Å². The van der Waals surface area contributed by atoms with E-state index in [9.17, 15) is 0 Å². The Morgan fingerprint density at radius 1 is 0.142 bits per heavy atom. The van der Waals surface area contributed by atoms with E-state index in [0.717, 1.165) is 66.2 Å². The number of benzene rings is 16. The van der Waals surface area contributed by atoms with Gasteiger partial charge in [-0.15, -0.1) is 0 Å². The molecule has 0 atom stereocenters. The smallest absolute Gasteiger partial charge is 0.165 e. The molecule has 2 spiro atoms. The van der Waals surface area contributed by atoms with E-state index in [2.05, 4.69) is 303 Å². The predicted molar refractivity (Wildman–Crippen MR) is 431 cm³/mol. The third kappa shape index (κ3) is 9.11. The largest absolute Gasteiger partial charge is 0.208 e. The van der Waals surface area contributed by atoms with Gasteiger partial charge in [0.25, 0.3) is 0 Å². The molecule has 0 fully saturated rings. The molecule has 2 aromatic heterocycles. The maximum Gasteiger partial charge on any atom is 0.165 e. The van der Waals surface area contributed by atoms with E-state index >= 15 is 0 Å². The van der Waals surface area contributed by atoms with Crippen molar-refractivity contribution >= 4 is 21.5 Å². The molecular weight excluding hydrogens is 1290 g/mol. The van der Waals surface area contributed by atoms with Crippen LogP contribution in [0, 0.1) is 0 Å². The number of fused-ring (bicyclic) bond motifs is 22. The first-order valence-electron chi connectivity index (χ1n) is 36.3. The molecule has 0 amide bonds. The Bertz CT molecular complexity index is 6380. The summed E-state index contributed by atoms with van der Waals surface area (Å²) in [6.07, 6.45) is 0. The standard InChI is InChI=1S/2C50H31N3/c1-3-17-33(18-4-1)47-51-48(34-19-5-2-6-20-34)53-49(52-47)46-35-21-8-7-16-32(35)30-31-39(46)38-25-15-29-44-45(38)40-24-11-14-28-43(40)50(44)41-26-12-9-22-36(41)37-23-10-13-27-42(37)50;1-3-17-33(18-4-1)47-51-48(34-19-5-2-6-20-34)53-49(52-47)40-31-30-32-16-7-8-21-35(32)45(40)39-25-15-29-44-46(39)38-24-11-14-28-43(38)50(44)41-26-12-9-22-36(41)37-23-10-13-27-42(37)50/h2*1-31H. The van der Waals surface area contributed by atoms with E-state index < -0.39 is 10.8 Å². The SMILES string of the molecule is c1ccc(-c2nc(-c3ccccc3)nc(-c3c(-c4cccc5c4-c4ccccc4C54c5ccccc5-c5ccccc54)ccc4ccccc34)n2)cc1.c1ccc(-c2nc(-c3ccccc3)nc(-c3ccc4ccccc4c3-c3cccc4c3-c3ccccc3C43c4ccccc4-c4ccccc43)n2)cc1.